The van der Waals surface area contributed by atoms with E-state index in [0.29, 0.717) is 68.8 Å². The van der Waals surface area contributed by atoms with Gasteiger partial charge in [0.25, 0.3) is 17.7 Å². The molecule has 2 aliphatic rings. The molecule has 0 bridgehead atoms. The first-order chi connectivity index (χ1) is 15.0. The molecule has 31 heavy (non-hydrogen) atoms. The van der Waals surface area contributed by atoms with Crippen molar-refractivity contribution >= 4 is 35.2 Å². The maximum absolute atomic E-state index is 12.7. The van der Waals surface area contributed by atoms with Gasteiger partial charge in [-0.25, -0.2) is 0 Å². The number of fused-ring (bicyclic) bond motifs is 1. The van der Waals surface area contributed by atoms with Crippen LogP contribution in [0.1, 0.15) is 63.2 Å². The summed E-state index contributed by atoms with van der Waals surface area (Å²) in [6.07, 6.45) is 3.02. The van der Waals surface area contributed by atoms with Crippen LogP contribution in [0.4, 0.5) is 0 Å². The van der Waals surface area contributed by atoms with Gasteiger partial charge in [0, 0.05) is 57.3 Å². The second-order valence-corrected chi connectivity index (χ2v) is 8.17. The summed E-state index contributed by atoms with van der Waals surface area (Å²) in [7, 11) is 1.57. The fourth-order valence-corrected chi connectivity index (χ4v) is 4.05. The second-order valence-electron chi connectivity index (χ2n) is 7.79. The second kappa shape index (κ2) is 10.7. The zero-order chi connectivity index (χ0) is 22.4. The van der Waals surface area contributed by atoms with Crippen molar-refractivity contribution in [2.45, 2.75) is 38.1 Å². The molecule has 168 valence electrons. The first-order valence-electron chi connectivity index (χ1n) is 10.6. The Morgan fingerprint density at radius 2 is 1.84 bits per heavy atom. The third-order valence-electron chi connectivity index (χ3n) is 5.67. The highest BCUT2D eigenvalue weighted by atomic mass is 35.5. The van der Waals surface area contributed by atoms with Gasteiger partial charge in [0.15, 0.2) is 0 Å². The number of methoxy groups -OCH3 is 1. The van der Waals surface area contributed by atoms with Crippen LogP contribution in [0.5, 0.6) is 0 Å². The van der Waals surface area contributed by atoms with E-state index in [0.717, 1.165) is 0 Å². The molecule has 0 unspecified atom stereocenters. The number of imide groups is 1. The van der Waals surface area contributed by atoms with E-state index in [9.17, 15) is 19.2 Å². The van der Waals surface area contributed by atoms with Crippen molar-refractivity contribution < 1.29 is 23.9 Å². The highest BCUT2D eigenvalue weighted by Crippen LogP contribution is 2.24. The maximum atomic E-state index is 12.7. The molecule has 0 aromatic heterocycles. The van der Waals surface area contributed by atoms with Gasteiger partial charge in [-0.3, -0.25) is 24.1 Å². The topological polar surface area (TPSA) is 96.0 Å². The van der Waals surface area contributed by atoms with Crippen molar-refractivity contribution in [1.29, 1.82) is 0 Å². The van der Waals surface area contributed by atoms with E-state index in [1.807, 2.05) is 4.90 Å². The van der Waals surface area contributed by atoms with Crippen molar-refractivity contribution in [3.8, 4) is 0 Å². The summed E-state index contributed by atoms with van der Waals surface area (Å²) in [4.78, 5) is 52.9. The first-order valence-corrected chi connectivity index (χ1v) is 11.1. The number of ether oxygens (including phenoxy) is 1. The van der Waals surface area contributed by atoms with Crippen LogP contribution < -0.4 is 5.32 Å². The molecule has 3 rings (SSSR count). The Labute approximate surface area is 186 Å². The molecule has 2 aliphatic heterocycles. The lowest BCUT2D eigenvalue weighted by atomic mass is 10.0. The van der Waals surface area contributed by atoms with E-state index < -0.39 is 0 Å². The van der Waals surface area contributed by atoms with Gasteiger partial charge in [0.2, 0.25) is 5.91 Å². The molecule has 0 spiro atoms. The minimum atomic E-state index is -0.380. The highest BCUT2D eigenvalue weighted by Gasteiger charge is 2.35. The zero-order valence-corrected chi connectivity index (χ0v) is 18.5. The van der Waals surface area contributed by atoms with Crippen LogP contribution in [0.2, 0.25) is 0 Å². The normalized spacial score (nSPS) is 16.6. The predicted molar refractivity (Wildman–Crippen MR) is 115 cm³/mol. The molecule has 0 atom stereocenters. The van der Waals surface area contributed by atoms with Gasteiger partial charge >= 0.3 is 0 Å². The number of alkyl halides is 1. The van der Waals surface area contributed by atoms with Crippen molar-refractivity contribution in [3.05, 3.63) is 34.9 Å². The molecule has 0 aliphatic carbocycles. The number of hydrogen-bond acceptors (Lipinski definition) is 5. The molecule has 0 saturated carbocycles. The van der Waals surface area contributed by atoms with Crippen molar-refractivity contribution in [1.82, 2.24) is 15.1 Å². The number of piperidine rings is 1. The van der Waals surface area contributed by atoms with Crippen LogP contribution in [0.25, 0.3) is 0 Å². The molecule has 1 aromatic carbocycles. The Kier molecular flexibility index (Phi) is 8.03. The smallest absolute Gasteiger partial charge is 0.261 e. The lowest BCUT2D eigenvalue weighted by Crippen LogP contribution is -2.46. The number of benzene rings is 1. The Bertz CT molecular complexity index is 852. The van der Waals surface area contributed by atoms with Crippen molar-refractivity contribution in [2.75, 3.05) is 39.2 Å². The molecule has 0 radical (unpaired) electrons. The van der Waals surface area contributed by atoms with E-state index in [1.54, 1.807) is 19.2 Å². The summed E-state index contributed by atoms with van der Waals surface area (Å²) >= 11 is 5.65. The lowest BCUT2D eigenvalue weighted by molar-refractivity contribution is -0.132. The third kappa shape index (κ3) is 5.43. The number of nitrogens with one attached hydrogen (secondary N) is 1. The van der Waals surface area contributed by atoms with Gasteiger partial charge < -0.3 is 15.0 Å². The summed E-state index contributed by atoms with van der Waals surface area (Å²) in [6.45, 7) is 1.93. The minimum Gasteiger partial charge on any atom is -0.385 e. The molecular formula is C22H28ClN3O5. The van der Waals surface area contributed by atoms with Crippen molar-refractivity contribution in [2.24, 2.45) is 0 Å². The maximum Gasteiger partial charge on any atom is 0.261 e. The zero-order valence-electron chi connectivity index (χ0n) is 17.7. The van der Waals surface area contributed by atoms with E-state index in [-0.39, 0.29) is 41.8 Å². The van der Waals surface area contributed by atoms with Crippen LogP contribution in [-0.4, -0.2) is 78.7 Å². The molecule has 1 N–H and O–H groups in total. The standard InChI is InChI=1S/C22H28ClN3O5/c1-31-13-3-10-26-21(29)17-6-5-15(14-18(17)22(26)30)20(28)24-16-7-11-25(12-8-16)19(27)4-2-9-23/h5-6,14,16H,2-4,7-13H2,1H3,(H,24,28). The van der Waals surface area contributed by atoms with Gasteiger partial charge in [-0.05, 0) is 43.9 Å². The molecule has 1 aromatic rings. The van der Waals surface area contributed by atoms with Crippen LogP contribution in [0.3, 0.4) is 0 Å². The highest BCUT2D eigenvalue weighted by molar-refractivity contribution is 6.22. The molecule has 1 fully saturated rings. The van der Waals surface area contributed by atoms with Crippen LogP contribution in [-0.2, 0) is 9.53 Å². The number of likely N-dealkylation sites (tertiary alicyclic amines) is 1. The van der Waals surface area contributed by atoms with Gasteiger partial charge in [-0.2, -0.15) is 0 Å². The molecule has 9 heteroatoms. The van der Waals surface area contributed by atoms with E-state index >= 15 is 0 Å². The molecule has 1 saturated heterocycles. The Morgan fingerprint density at radius 1 is 1.13 bits per heavy atom. The number of halogens is 1. The summed E-state index contributed by atoms with van der Waals surface area (Å²) < 4.78 is 4.98. The summed E-state index contributed by atoms with van der Waals surface area (Å²) in [5, 5.41) is 2.98. The fraction of sp³-hybridized carbons (Fsp3) is 0.545. The van der Waals surface area contributed by atoms with Gasteiger partial charge in [0.1, 0.15) is 0 Å². The monoisotopic (exact) mass is 449 g/mol. The number of rotatable bonds is 9. The quantitative estimate of drug-likeness (QED) is 0.353. The summed E-state index contributed by atoms with van der Waals surface area (Å²) in [5.41, 5.74) is 0.928. The predicted octanol–water partition coefficient (Wildman–Crippen LogP) is 2.06. The van der Waals surface area contributed by atoms with Crippen LogP contribution in [0, 0.1) is 0 Å². The molecular weight excluding hydrogens is 422 g/mol. The number of nitrogens with zero attached hydrogens (tertiary/aromatic N) is 2. The van der Waals surface area contributed by atoms with E-state index in [4.69, 9.17) is 16.3 Å². The van der Waals surface area contributed by atoms with Gasteiger partial charge in [-0.15, -0.1) is 11.6 Å². The number of amides is 4. The summed E-state index contributed by atoms with van der Waals surface area (Å²) in [6, 6.07) is 4.56. The average Bonchev–Trinajstić information content (AvgIpc) is 3.02. The van der Waals surface area contributed by atoms with Gasteiger partial charge in [-0.1, -0.05) is 0 Å². The minimum absolute atomic E-state index is 0.0410. The largest absolute Gasteiger partial charge is 0.385 e. The molecule has 2 heterocycles. The van der Waals surface area contributed by atoms with E-state index in [1.165, 1.54) is 11.0 Å². The number of carbonyl (C=O) groups excluding carboxylic acids is 4. The Hall–Kier alpha value is -2.45. The van der Waals surface area contributed by atoms with E-state index in [2.05, 4.69) is 5.32 Å². The third-order valence-corrected chi connectivity index (χ3v) is 5.94. The van der Waals surface area contributed by atoms with Crippen LogP contribution >= 0.6 is 11.6 Å². The SMILES string of the molecule is COCCCN1C(=O)c2ccc(C(=O)NC3CCN(C(=O)CCCCl)CC3)cc2C1=O. The number of carbonyl (C=O) groups is 4. The van der Waals surface area contributed by atoms with Gasteiger partial charge in [0.05, 0.1) is 11.1 Å². The summed E-state index contributed by atoms with van der Waals surface area (Å²) in [5.74, 6) is -0.434. The Balaban J connectivity index is 1.57. The van der Waals surface area contributed by atoms with Crippen molar-refractivity contribution in [3.63, 3.8) is 0 Å². The number of hydrogen-bond donors (Lipinski definition) is 1. The fourth-order valence-electron chi connectivity index (χ4n) is 3.92. The molecule has 8 nitrogen and oxygen atoms in total. The first kappa shape index (κ1) is 23.2. The molecule has 4 amide bonds. The Morgan fingerprint density at radius 3 is 2.52 bits per heavy atom. The van der Waals surface area contributed by atoms with Crippen LogP contribution in [0.15, 0.2) is 18.2 Å². The average molecular weight is 450 g/mol. The lowest BCUT2D eigenvalue weighted by Gasteiger charge is -2.32.